The molecule has 0 atom stereocenters. The lowest BCUT2D eigenvalue weighted by molar-refractivity contribution is -0.389. The average molecular weight is 315 g/mol. The maximum absolute atomic E-state index is 10.7. The molecule has 2 heterocycles. The van der Waals surface area contributed by atoms with E-state index in [0.717, 1.165) is 30.0 Å². The van der Waals surface area contributed by atoms with Gasteiger partial charge in [0.25, 0.3) is 0 Å². The first-order valence-corrected chi connectivity index (χ1v) is 7.21. The van der Waals surface area contributed by atoms with E-state index in [1.54, 1.807) is 26.5 Å². The summed E-state index contributed by atoms with van der Waals surface area (Å²) >= 11 is 0. The van der Waals surface area contributed by atoms with E-state index in [0.29, 0.717) is 12.3 Å². The summed E-state index contributed by atoms with van der Waals surface area (Å²) in [5.41, 5.74) is 3.26. The van der Waals surface area contributed by atoms with Crippen molar-refractivity contribution >= 4 is 11.5 Å². The summed E-state index contributed by atoms with van der Waals surface area (Å²) in [6.45, 7) is 1.52. The third-order valence-corrected chi connectivity index (χ3v) is 4.00. The SMILES string of the molecule is COc1cc2c(cc1OC)CN(c1ccc([N+](=O)[O-])nc1)CC2. The monoisotopic (exact) mass is 315 g/mol. The largest absolute Gasteiger partial charge is 0.493 e. The van der Waals surface area contributed by atoms with Crippen molar-refractivity contribution in [2.24, 2.45) is 0 Å². The molecule has 7 nitrogen and oxygen atoms in total. The van der Waals surface area contributed by atoms with Crippen LogP contribution in [0.15, 0.2) is 30.5 Å². The maximum atomic E-state index is 10.7. The van der Waals surface area contributed by atoms with Crippen molar-refractivity contribution in [3.05, 3.63) is 51.7 Å². The molecular formula is C16H17N3O4. The molecule has 0 amide bonds. The molecule has 0 unspecified atom stereocenters. The number of aromatic nitrogens is 1. The van der Waals surface area contributed by atoms with Gasteiger partial charge in [-0.2, -0.15) is 0 Å². The highest BCUT2D eigenvalue weighted by atomic mass is 16.6. The molecule has 0 bridgehead atoms. The van der Waals surface area contributed by atoms with E-state index < -0.39 is 4.92 Å². The van der Waals surface area contributed by atoms with Crippen LogP contribution in [-0.2, 0) is 13.0 Å². The molecule has 0 radical (unpaired) electrons. The van der Waals surface area contributed by atoms with Crippen LogP contribution in [0.3, 0.4) is 0 Å². The van der Waals surface area contributed by atoms with Gasteiger partial charge in [-0.05, 0) is 45.7 Å². The van der Waals surface area contributed by atoms with E-state index >= 15 is 0 Å². The van der Waals surface area contributed by atoms with Crippen LogP contribution in [0.2, 0.25) is 0 Å². The zero-order valence-electron chi connectivity index (χ0n) is 13.0. The van der Waals surface area contributed by atoms with Crippen molar-refractivity contribution in [2.45, 2.75) is 13.0 Å². The van der Waals surface area contributed by atoms with Gasteiger partial charge in [0.15, 0.2) is 17.7 Å². The lowest BCUT2D eigenvalue weighted by Gasteiger charge is -2.30. The minimum Gasteiger partial charge on any atom is -0.493 e. The molecule has 0 spiro atoms. The van der Waals surface area contributed by atoms with Crippen molar-refractivity contribution in [3.8, 4) is 11.5 Å². The number of benzene rings is 1. The van der Waals surface area contributed by atoms with E-state index in [-0.39, 0.29) is 5.82 Å². The zero-order valence-corrected chi connectivity index (χ0v) is 13.0. The Balaban J connectivity index is 1.86. The van der Waals surface area contributed by atoms with Gasteiger partial charge in [-0.3, -0.25) is 0 Å². The normalized spacial score (nSPS) is 13.4. The second-order valence-electron chi connectivity index (χ2n) is 5.28. The van der Waals surface area contributed by atoms with E-state index in [1.807, 2.05) is 12.1 Å². The Labute approximate surface area is 133 Å². The van der Waals surface area contributed by atoms with Crippen LogP contribution in [0.4, 0.5) is 11.5 Å². The third kappa shape index (κ3) is 2.90. The van der Waals surface area contributed by atoms with Crippen molar-refractivity contribution in [3.63, 3.8) is 0 Å². The van der Waals surface area contributed by atoms with Crippen molar-refractivity contribution in [1.29, 1.82) is 0 Å². The number of fused-ring (bicyclic) bond motifs is 1. The molecule has 1 aliphatic rings. The Morgan fingerprint density at radius 1 is 1.17 bits per heavy atom. The van der Waals surface area contributed by atoms with Crippen LogP contribution in [0.1, 0.15) is 11.1 Å². The number of hydrogen-bond donors (Lipinski definition) is 0. The molecule has 120 valence electrons. The predicted molar refractivity (Wildman–Crippen MR) is 85.2 cm³/mol. The van der Waals surface area contributed by atoms with Gasteiger partial charge in [-0.1, -0.05) is 0 Å². The van der Waals surface area contributed by atoms with E-state index in [4.69, 9.17) is 9.47 Å². The van der Waals surface area contributed by atoms with Crippen molar-refractivity contribution < 1.29 is 14.4 Å². The lowest BCUT2D eigenvalue weighted by Crippen LogP contribution is -2.30. The Morgan fingerprint density at radius 2 is 1.87 bits per heavy atom. The Bertz CT molecular complexity index is 731. The molecule has 7 heteroatoms. The van der Waals surface area contributed by atoms with Crippen LogP contribution in [0, 0.1) is 10.1 Å². The summed E-state index contributed by atoms with van der Waals surface area (Å²) in [5, 5.41) is 10.7. The highest BCUT2D eigenvalue weighted by Gasteiger charge is 2.21. The number of anilines is 1. The molecule has 0 aliphatic carbocycles. The van der Waals surface area contributed by atoms with Gasteiger partial charge < -0.3 is 24.5 Å². The number of nitro groups is 1. The van der Waals surface area contributed by atoms with Crippen LogP contribution in [0.25, 0.3) is 0 Å². The third-order valence-electron chi connectivity index (χ3n) is 4.00. The fourth-order valence-corrected chi connectivity index (χ4v) is 2.78. The van der Waals surface area contributed by atoms with Crippen LogP contribution in [0.5, 0.6) is 11.5 Å². The number of nitrogens with zero attached hydrogens (tertiary/aromatic N) is 3. The Kier molecular flexibility index (Phi) is 4.01. The number of pyridine rings is 1. The molecule has 23 heavy (non-hydrogen) atoms. The highest BCUT2D eigenvalue weighted by Crippen LogP contribution is 2.34. The standard InChI is InChI=1S/C16H17N3O4/c1-22-14-7-11-5-6-18(10-12(11)8-15(14)23-2)13-3-4-16(17-9-13)19(20)21/h3-4,7-9H,5-6,10H2,1-2H3. The van der Waals surface area contributed by atoms with Crippen LogP contribution in [-0.4, -0.2) is 30.7 Å². The second-order valence-corrected chi connectivity index (χ2v) is 5.28. The van der Waals surface area contributed by atoms with Crippen LogP contribution < -0.4 is 14.4 Å². The van der Waals surface area contributed by atoms with E-state index in [9.17, 15) is 10.1 Å². The molecule has 1 aromatic carbocycles. The maximum Gasteiger partial charge on any atom is 0.363 e. The molecule has 2 aromatic rings. The number of hydrogen-bond acceptors (Lipinski definition) is 6. The molecule has 1 aliphatic heterocycles. The molecule has 3 rings (SSSR count). The topological polar surface area (TPSA) is 77.7 Å². The molecule has 0 N–H and O–H groups in total. The zero-order chi connectivity index (χ0) is 16.4. The van der Waals surface area contributed by atoms with Gasteiger partial charge in [0.1, 0.15) is 0 Å². The summed E-state index contributed by atoms with van der Waals surface area (Å²) in [6, 6.07) is 7.16. The molecule has 1 aromatic heterocycles. The fraction of sp³-hybridized carbons (Fsp3) is 0.312. The smallest absolute Gasteiger partial charge is 0.363 e. The van der Waals surface area contributed by atoms with Gasteiger partial charge in [-0.25, -0.2) is 0 Å². The van der Waals surface area contributed by atoms with E-state index in [1.165, 1.54) is 11.6 Å². The van der Waals surface area contributed by atoms with Crippen LogP contribution >= 0.6 is 0 Å². The first kappa shape index (κ1) is 15.1. The van der Waals surface area contributed by atoms with Gasteiger partial charge in [0, 0.05) is 19.2 Å². The first-order chi connectivity index (χ1) is 11.1. The van der Waals surface area contributed by atoms with Gasteiger partial charge in [-0.15, -0.1) is 0 Å². The fourth-order valence-electron chi connectivity index (χ4n) is 2.78. The minimum absolute atomic E-state index is 0.141. The van der Waals surface area contributed by atoms with Crippen molar-refractivity contribution in [2.75, 3.05) is 25.7 Å². The van der Waals surface area contributed by atoms with Gasteiger partial charge >= 0.3 is 5.82 Å². The minimum atomic E-state index is -0.494. The Hall–Kier alpha value is -2.83. The summed E-state index contributed by atoms with van der Waals surface area (Å²) in [5.74, 6) is 1.30. The summed E-state index contributed by atoms with van der Waals surface area (Å²) in [4.78, 5) is 16.2. The molecule has 0 saturated carbocycles. The van der Waals surface area contributed by atoms with Gasteiger partial charge in [0.2, 0.25) is 0 Å². The quantitative estimate of drug-likeness (QED) is 0.637. The lowest BCUT2D eigenvalue weighted by atomic mass is 9.98. The highest BCUT2D eigenvalue weighted by molar-refractivity contribution is 5.53. The van der Waals surface area contributed by atoms with E-state index in [2.05, 4.69) is 9.88 Å². The second kappa shape index (κ2) is 6.12. The summed E-state index contributed by atoms with van der Waals surface area (Å²) in [6.07, 6.45) is 2.41. The predicted octanol–water partition coefficient (Wildman–Crippen LogP) is 2.57. The number of ether oxygens (including phenoxy) is 2. The number of rotatable bonds is 4. The number of methoxy groups -OCH3 is 2. The Morgan fingerprint density at radius 3 is 2.43 bits per heavy atom. The summed E-state index contributed by atoms with van der Waals surface area (Å²) in [7, 11) is 3.24. The van der Waals surface area contributed by atoms with Crippen molar-refractivity contribution in [1.82, 2.24) is 4.98 Å². The average Bonchev–Trinajstić information content (AvgIpc) is 2.60. The van der Waals surface area contributed by atoms with Gasteiger partial charge in [0.05, 0.1) is 19.9 Å². The molecule has 0 saturated heterocycles. The molecular weight excluding hydrogens is 298 g/mol. The summed E-state index contributed by atoms with van der Waals surface area (Å²) < 4.78 is 10.7. The first-order valence-electron chi connectivity index (χ1n) is 7.21. The molecule has 0 fully saturated rings.